The molecule has 0 aliphatic heterocycles. The van der Waals surface area contributed by atoms with Crippen LogP contribution >= 0.6 is 0 Å². The van der Waals surface area contributed by atoms with Crippen LogP contribution in [-0.2, 0) is 0 Å². The molecule has 2 heterocycles. The van der Waals surface area contributed by atoms with Crippen molar-refractivity contribution in [2.24, 2.45) is 5.10 Å². The fourth-order valence-electron chi connectivity index (χ4n) is 2.89. The number of para-hydroxylation sites is 1. The lowest BCUT2D eigenvalue weighted by atomic mass is 10.2. The van der Waals surface area contributed by atoms with Crippen LogP contribution in [0.4, 0.5) is 0 Å². The van der Waals surface area contributed by atoms with E-state index < -0.39 is 5.97 Å². The van der Waals surface area contributed by atoms with Crippen molar-refractivity contribution in [3.05, 3.63) is 88.4 Å². The molecule has 150 valence electrons. The van der Waals surface area contributed by atoms with Gasteiger partial charge >= 0.3 is 5.97 Å². The summed E-state index contributed by atoms with van der Waals surface area (Å²) in [6.07, 6.45) is 2.89. The molecule has 0 amide bonds. The molecular weight excluding hydrogens is 386 g/mol. The third-order valence-electron chi connectivity index (χ3n) is 4.35. The number of aryl methyl sites for hydroxylation is 1. The Morgan fingerprint density at radius 3 is 2.73 bits per heavy atom. The highest BCUT2D eigenvalue weighted by molar-refractivity contribution is 5.89. The van der Waals surface area contributed by atoms with Gasteiger partial charge in [-0.3, -0.25) is 4.79 Å². The second-order valence-electron chi connectivity index (χ2n) is 6.31. The van der Waals surface area contributed by atoms with Gasteiger partial charge in [-0.25, -0.2) is 9.78 Å². The van der Waals surface area contributed by atoms with Crippen molar-refractivity contribution in [3.63, 3.8) is 0 Å². The lowest BCUT2D eigenvalue weighted by Gasteiger charge is -2.09. The molecule has 0 spiro atoms. The van der Waals surface area contributed by atoms with Crippen molar-refractivity contribution in [1.82, 2.24) is 9.66 Å². The molecule has 4 aromatic rings. The van der Waals surface area contributed by atoms with E-state index >= 15 is 0 Å². The number of fused-ring (bicyclic) bond motifs is 1. The first-order chi connectivity index (χ1) is 14.6. The number of furan rings is 1. The molecule has 0 saturated carbocycles. The van der Waals surface area contributed by atoms with E-state index in [0.717, 1.165) is 0 Å². The van der Waals surface area contributed by atoms with Gasteiger partial charge in [-0.05, 0) is 55.0 Å². The Balaban J connectivity index is 1.62. The fraction of sp³-hybridized carbons (Fsp3) is 0.0909. The normalized spacial score (nSPS) is 11.1. The van der Waals surface area contributed by atoms with E-state index in [9.17, 15) is 9.59 Å². The minimum Gasteiger partial charge on any atom is -0.493 e. The molecule has 0 aliphatic rings. The number of carbonyl (C=O) groups excluding carboxylic acids is 1. The van der Waals surface area contributed by atoms with Crippen LogP contribution in [0.15, 0.2) is 75.2 Å². The highest BCUT2D eigenvalue weighted by atomic mass is 16.6. The highest BCUT2D eigenvalue weighted by Crippen LogP contribution is 2.28. The summed E-state index contributed by atoms with van der Waals surface area (Å²) in [6, 6.07) is 15.1. The van der Waals surface area contributed by atoms with Gasteiger partial charge in [0.2, 0.25) is 5.76 Å². The predicted octanol–water partition coefficient (Wildman–Crippen LogP) is 3.41. The molecule has 0 bridgehead atoms. The van der Waals surface area contributed by atoms with Gasteiger partial charge in [-0.1, -0.05) is 12.1 Å². The molecule has 0 unspecified atom stereocenters. The summed E-state index contributed by atoms with van der Waals surface area (Å²) in [7, 11) is 1.46. The molecule has 30 heavy (non-hydrogen) atoms. The van der Waals surface area contributed by atoms with E-state index in [0.29, 0.717) is 28.0 Å². The largest absolute Gasteiger partial charge is 0.493 e. The first kappa shape index (κ1) is 19.1. The number of hydrogen-bond acceptors (Lipinski definition) is 7. The zero-order chi connectivity index (χ0) is 21.1. The van der Waals surface area contributed by atoms with Gasteiger partial charge in [0.05, 0.1) is 30.5 Å². The quantitative estimate of drug-likeness (QED) is 0.288. The minimum absolute atomic E-state index is 0.0846. The van der Waals surface area contributed by atoms with Crippen molar-refractivity contribution in [3.8, 4) is 11.5 Å². The van der Waals surface area contributed by atoms with Gasteiger partial charge in [0.15, 0.2) is 11.5 Å². The topological polar surface area (TPSA) is 95.9 Å². The Labute approximate surface area is 171 Å². The van der Waals surface area contributed by atoms with Crippen LogP contribution in [0.1, 0.15) is 21.9 Å². The molecule has 0 N–H and O–H groups in total. The van der Waals surface area contributed by atoms with Crippen LogP contribution in [0.2, 0.25) is 0 Å². The number of nitrogens with zero attached hydrogens (tertiary/aromatic N) is 3. The van der Waals surface area contributed by atoms with Crippen molar-refractivity contribution in [2.75, 3.05) is 7.11 Å². The second kappa shape index (κ2) is 8.04. The zero-order valence-corrected chi connectivity index (χ0v) is 16.2. The van der Waals surface area contributed by atoms with E-state index in [1.165, 1.54) is 30.3 Å². The van der Waals surface area contributed by atoms with E-state index in [1.807, 2.05) is 6.07 Å². The van der Waals surface area contributed by atoms with Gasteiger partial charge in [0, 0.05) is 0 Å². The number of aromatic nitrogens is 2. The minimum atomic E-state index is -0.635. The predicted molar refractivity (Wildman–Crippen MR) is 110 cm³/mol. The molecule has 2 aromatic heterocycles. The van der Waals surface area contributed by atoms with Crippen LogP contribution in [0.5, 0.6) is 11.5 Å². The lowest BCUT2D eigenvalue weighted by Crippen LogP contribution is -2.20. The molecule has 0 aliphatic carbocycles. The van der Waals surface area contributed by atoms with Gasteiger partial charge in [0.1, 0.15) is 5.82 Å². The molecule has 0 fully saturated rings. The maximum absolute atomic E-state index is 12.7. The Bertz CT molecular complexity index is 1310. The Morgan fingerprint density at radius 1 is 1.13 bits per heavy atom. The Kier molecular flexibility index (Phi) is 5.13. The second-order valence-corrected chi connectivity index (χ2v) is 6.31. The lowest BCUT2D eigenvalue weighted by molar-refractivity contribution is 0.0696. The van der Waals surface area contributed by atoms with Crippen molar-refractivity contribution >= 4 is 23.1 Å². The molecule has 8 nitrogen and oxygen atoms in total. The SMILES string of the molecule is COc1cc(/C=N/n2c(C)nc3ccccc3c2=O)ccc1OC(=O)c1ccco1. The number of methoxy groups -OCH3 is 1. The third kappa shape index (κ3) is 3.70. The summed E-state index contributed by atoms with van der Waals surface area (Å²) in [5, 5.41) is 4.75. The van der Waals surface area contributed by atoms with Gasteiger partial charge in [-0.2, -0.15) is 9.78 Å². The first-order valence-corrected chi connectivity index (χ1v) is 9.03. The number of carbonyl (C=O) groups is 1. The van der Waals surface area contributed by atoms with E-state index in [-0.39, 0.29) is 17.1 Å². The third-order valence-corrected chi connectivity index (χ3v) is 4.35. The summed E-state index contributed by atoms with van der Waals surface area (Å²) in [6.45, 7) is 1.71. The van der Waals surface area contributed by atoms with Gasteiger partial charge in [-0.15, -0.1) is 0 Å². The monoisotopic (exact) mass is 403 g/mol. The molecule has 0 atom stereocenters. The summed E-state index contributed by atoms with van der Waals surface area (Å²) >= 11 is 0. The Morgan fingerprint density at radius 2 is 1.97 bits per heavy atom. The molecule has 0 saturated heterocycles. The summed E-state index contributed by atoms with van der Waals surface area (Å²) in [4.78, 5) is 29.2. The average molecular weight is 403 g/mol. The first-order valence-electron chi connectivity index (χ1n) is 9.03. The maximum atomic E-state index is 12.7. The molecule has 4 rings (SSSR count). The van der Waals surface area contributed by atoms with E-state index in [1.54, 1.807) is 49.4 Å². The maximum Gasteiger partial charge on any atom is 0.379 e. The number of benzene rings is 2. The van der Waals surface area contributed by atoms with Crippen molar-refractivity contribution in [2.45, 2.75) is 6.92 Å². The summed E-state index contributed by atoms with van der Waals surface area (Å²) in [5.41, 5.74) is 1.00. The smallest absolute Gasteiger partial charge is 0.379 e. The number of ether oxygens (including phenoxy) is 2. The van der Waals surface area contributed by atoms with Crippen LogP contribution in [0.25, 0.3) is 10.9 Å². The van der Waals surface area contributed by atoms with Crippen molar-refractivity contribution < 1.29 is 18.7 Å². The fourth-order valence-corrected chi connectivity index (χ4v) is 2.89. The van der Waals surface area contributed by atoms with Crippen molar-refractivity contribution in [1.29, 1.82) is 0 Å². The van der Waals surface area contributed by atoms with E-state index in [2.05, 4.69) is 10.1 Å². The van der Waals surface area contributed by atoms with Crippen LogP contribution < -0.4 is 15.0 Å². The molecule has 8 heteroatoms. The molecular formula is C22H17N3O5. The van der Waals surface area contributed by atoms with E-state index in [4.69, 9.17) is 13.9 Å². The van der Waals surface area contributed by atoms with Gasteiger partial charge < -0.3 is 13.9 Å². The molecule has 2 aromatic carbocycles. The summed E-state index contributed by atoms with van der Waals surface area (Å²) in [5.74, 6) is 0.479. The van der Waals surface area contributed by atoms with Crippen LogP contribution in [0, 0.1) is 6.92 Å². The summed E-state index contributed by atoms with van der Waals surface area (Å²) < 4.78 is 16.9. The standard InChI is InChI=1S/C22H17N3O5/c1-14-24-17-7-4-3-6-16(17)21(26)25(14)23-13-15-9-10-18(20(12-15)28-2)30-22(27)19-8-5-11-29-19/h3-13H,1-2H3/b23-13+. The van der Waals surface area contributed by atoms with Crippen LogP contribution in [-0.4, -0.2) is 29.0 Å². The number of esters is 1. The Hall–Kier alpha value is -4.20. The number of rotatable bonds is 5. The average Bonchev–Trinajstić information content (AvgIpc) is 3.29. The highest BCUT2D eigenvalue weighted by Gasteiger charge is 2.15. The number of hydrogen-bond donors (Lipinski definition) is 0. The zero-order valence-electron chi connectivity index (χ0n) is 16.2. The van der Waals surface area contributed by atoms with Gasteiger partial charge in [0.25, 0.3) is 5.56 Å². The molecule has 0 radical (unpaired) electrons. The van der Waals surface area contributed by atoms with Crippen LogP contribution in [0.3, 0.4) is 0 Å².